The molecule has 0 radical (unpaired) electrons. The van der Waals surface area contributed by atoms with Crippen LogP contribution >= 0.6 is 23.1 Å². The fourth-order valence-corrected chi connectivity index (χ4v) is 3.90. The third-order valence-corrected chi connectivity index (χ3v) is 5.34. The van der Waals surface area contributed by atoms with Crippen molar-refractivity contribution in [3.05, 3.63) is 16.1 Å². The summed E-state index contributed by atoms with van der Waals surface area (Å²) in [5.74, 6) is 2.26. The number of aliphatic hydroxyl groups is 1. The number of thiazole rings is 1. The first kappa shape index (κ1) is 13.8. The number of hydrogen-bond acceptors (Lipinski definition) is 4. The minimum atomic E-state index is -0.460. The molecular formula is C12H19N2O2S2+. The molecule has 100 valence electrons. The van der Waals surface area contributed by atoms with Crippen LogP contribution in [0.3, 0.4) is 0 Å². The standard InChI is InChI=1S/C12H19N2O2S2/c1-9-12(10(2)15)18-8-14(9)7-11(16)13-3-5-17-6-4-13/h8,10,15H,3-7H2,1-2H3/q+1. The lowest BCUT2D eigenvalue weighted by molar-refractivity contribution is -0.686. The third-order valence-electron chi connectivity index (χ3n) is 3.14. The summed E-state index contributed by atoms with van der Waals surface area (Å²) < 4.78 is 1.94. The van der Waals surface area contributed by atoms with Crippen molar-refractivity contribution >= 4 is 29.0 Å². The van der Waals surface area contributed by atoms with Gasteiger partial charge in [-0.2, -0.15) is 16.3 Å². The van der Waals surface area contributed by atoms with Crippen LogP contribution in [0.25, 0.3) is 0 Å². The summed E-state index contributed by atoms with van der Waals surface area (Å²) in [6.07, 6.45) is -0.460. The number of aliphatic hydroxyl groups excluding tert-OH is 1. The van der Waals surface area contributed by atoms with E-state index in [0.29, 0.717) is 6.54 Å². The van der Waals surface area contributed by atoms with E-state index in [1.165, 1.54) is 11.3 Å². The van der Waals surface area contributed by atoms with Crippen LogP contribution in [0.5, 0.6) is 0 Å². The molecule has 4 nitrogen and oxygen atoms in total. The molecule has 6 heteroatoms. The number of amides is 1. The highest BCUT2D eigenvalue weighted by Crippen LogP contribution is 2.19. The molecule has 0 bridgehead atoms. The molecule has 1 aliphatic heterocycles. The van der Waals surface area contributed by atoms with E-state index < -0.39 is 6.10 Å². The molecule has 2 heterocycles. The Morgan fingerprint density at radius 2 is 2.22 bits per heavy atom. The van der Waals surface area contributed by atoms with E-state index in [4.69, 9.17) is 0 Å². The number of thioether (sulfide) groups is 1. The van der Waals surface area contributed by atoms with Gasteiger partial charge in [-0.15, -0.1) is 0 Å². The van der Waals surface area contributed by atoms with Gasteiger partial charge in [0.1, 0.15) is 4.88 Å². The lowest BCUT2D eigenvalue weighted by Crippen LogP contribution is -2.47. The van der Waals surface area contributed by atoms with Crippen molar-refractivity contribution in [3.63, 3.8) is 0 Å². The normalized spacial score (nSPS) is 17.8. The van der Waals surface area contributed by atoms with Gasteiger partial charge in [0, 0.05) is 31.5 Å². The SMILES string of the molecule is Cc1c(C(C)O)sc[n+]1CC(=O)N1CCSCC1. The maximum absolute atomic E-state index is 12.1. The highest BCUT2D eigenvalue weighted by molar-refractivity contribution is 7.99. The first-order valence-corrected chi connectivity index (χ1v) is 8.14. The summed E-state index contributed by atoms with van der Waals surface area (Å²) in [5.41, 5.74) is 2.92. The largest absolute Gasteiger partial charge is 0.388 e. The van der Waals surface area contributed by atoms with E-state index in [2.05, 4.69) is 0 Å². The van der Waals surface area contributed by atoms with Crippen LogP contribution in [0.2, 0.25) is 0 Å². The van der Waals surface area contributed by atoms with Gasteiger partial charge in [-0.1, -0.05) is 11.3 Å². The average Bonchev–Trinajstić information content (AvgIpc) is 2.72. The highest BCUT2D eigenvalue weighted by atomic mass is 32.2. The number of aromatic nitrogens is 1. The van der Waals surface area contributed by atoms with E-state index in [9.17, 15) is 9.90 Å². The molecular weight excluding hydrogens is 268 g/mol. The summed E-state index contributed by atoms with van der Waals surface area (Å²) in [5, 5.41) is 9.60. The molecule has 0 aliphatic carbocycles. The quantitative estimate of drug-likeness (QED) is 0.843. The van der Waals surface area contributed by atoms with Crippen LogP contribution in [-0.2, 0) is 11.3 Å². The van der Waals surface area contributed by atoms with Crippen LogP contribution in [0, 0.1) is 6.92 Å². The van der Waals surface area contributed by atoms with Crippen LogP contribution in [0.1, 0.15) is 23.6 Å². The lowest BCUT2D eigenvalue weighted by Gasteiger charge is -2.25. The molecule has 2 rings (SSSR count). The van der Waals surface area contributed by atoms with E-state index in [1.807, 2.05) is 33.7 Å². The van der Waals surface area contributed by atoms with E-state index in [0.717, 1.165) is 35.2 Å². The molecule has 1 aromatic heterocycles. The van der Waals surface area contributed by atoms with Crippen LogP contribution in [0.4, 0.5) is 0 Å². The van der Waals surface area contributed by atoms with Crippen molar-refractivity contribution in [2.45, 2.75) is 26.5 Å². The third kappa shape index (κ3) is 3.05. The fourth-order valence-electron chi connectivity index (χ4n) is 2.04. The first-order chi connectivity index (χ1) is 8.59. The Morgan fingerprint density at radius 1 is 1.56 bits per heavy atom. The molecule has 1 atom stereocenters. The van der Waals surface area contributed by atoms with Gasteiger partial charge >= 0.3 is 0 Å². The second-order valence-corrected chi connectivity index (χ2v) is 6.58. The number of hydrogen-bond donors (Lipinski definition) is 1. The zero-order chi connectivity index (χ0) is 13.1. The van der Waals surface area contributed by atoms with Gasteiger partial charge < -0.3 is 10.0 Å². The van der Waals surface area contributed by atoms with Gasteiger partial charge in [0.15, 0.2) is 5.69 Å². The number of rotatable bonds is 3. The summed E-state index contributed by atoms with van der Waals surface area (Å²) in [4.78, 5) is 15.0. The van der Waals surface area contributed by atoms with E-state index in [1.54, 1.807) is 6.92 Å². The number of carbonyl (C=O) groups is 1. The highest BCUT2D eigenvalue weighted by Gasteiger charge is 2.24. The van der Waals surface area contributed by atoms with Crippen molar-refractivity contribution in [3.8, 4) is 0 Å². The number of carbonyl (C=O) groups excluding carboxylic acids is 1. The van der Waals surface area contributed by atoms with Gasteiger partial charge in [0.2, 0.25) is 12.1 Å². The van der Waals surface area contributed by atoms with Crippen LogP contribution in [0.15, 0.2) is 5.51 Å². The van der Waals surface area contributed by atoms with Crippen molar-refractivity contribution in [1.29, 1.82) is 0 Å². The molecule has 1 amide bonds. The van der Waals surface area contributed by atoms with E-state index in [-0.39, 0.29) is 5.91 Å². The molecule has 1 unspecified atom stereocenters. The molecule has 1 N–H and O–H groups in total. The molecule has 1 fully saturated rings. The van der Waals surface area contributed by atoms with Gasteiger partial charge in [-0.25, -0.2) is 0 Å². The summed E-state index contributed by atoms with van der Waals surface area (Å²) in [6.45, 7) is 5.82. The Bertz CT molecular complexity index is 426. The summed E-state index contributed by atoms with van der Waals surface area (Å²) in [7, 11) is 0. The Morgan fingerprint density at radius 3 is 2.78 bits per heavy atom. The first-order valence-electron chi connectivity index (χ1n) is 6.10. The Balaban J connectivity index is 2.02. The molecule has 0 aromatic carbocycles. The topological polar surface area (TPSA) is 44.4 Å². The fraction of sp³-hybridized carbons (Fsp3) is 0.667. The number of nitrogens with zero attached hydrogens (tertiary/aromatic N) is 2. The van der Waals surface area contributed by atoms with Crippen molar-refractivity contribution < 1.29 is 14.5 Å². The van der Waals surface area contributed by atoms with Crippen LogP contribution in [-0.4, -0.2) is 40.5 Å². The maximum atomic E-state index is 12.1. The van der Waals surface area contributed by atoms with E-state index >= 15 is 0 Å². The molecule has 1 aliphatic rings. The molecule has 1 aromatic rings. The average molecular weight is 287 g/mol. The molecule has 0 saturated carbocycles. The van der Waals surface area contributed by atoms with Crippen molar-refractivity contribution in [1.82, 2.24) is 4.90 Å². The minimum absolute atomic E-state index is 0.179. The zero-order valence-electron chi connectivity index (χ0n) is 10.8. The van der Waals surface area contributed by atoms with Gasteiger partial charge in [-0.3, -0.25) is 4.79 Å². The Kier molecular flexibility index (Phi) is 4.64. The summed E-state index contributed by atoms with van der Waals surface area (Å²) >= 11 is 3.41. The second kappa shape index (κ2) is 6.04. The van der Waals surface area contributed by atoms with Gasteiger partial charge in [0.05, 0.1) is 6.10 Å². The zero-order valence-corrected chi connectivity index (χ0v) is 12.4. The Hall–Kier alpha value is -0.590. The van der Waals surface area contributed by atoms with Gasteiger partial charge in [0.25, 0.3) is 5.91 Å². The molecule has 18 heavy (non-hydrogen) atoms. The predicted molar refractivity (Wildman–Crippen MR) is 73.8 cm³/mol. The maximum Gasteiger partial charge on any atom is 0.288 e. The predicted octanol–water partition coefficient (Wildman–Crippen LogP) is 0.973. The Labute approximate surface area is 116 Å². The molecule has 1 saturated heterocycles. The van der Waals surface area contributed by atoms with Crippen molar-refractivity contribution in [2.75, 3.05) is 24.6 Å². The summed E-state index contributed by atoms with van der Waals surface area (Å²) in [6, 6.07) is 0. The van der Waals surface area contributed by atoms with Crippen molar-refractivity contribution in [2.24, 2.45) is 0 Å². The minimum Gasteiger partial charge on any atom is -0.388 e. The second-order valence-electron chi connectivity index (χ2n) is 4.47. The lowest BCUT2D eigenvalue weighted by atomic mass is 10.3. The smallest absolute Gasteiger partial charge is 0.288 e. The monoisotopic (exact) mass is 287 g/mol. The van der Waals surface area contributed by atoms with Gasteiger partial charge in [-0.05, 0) is 6.92 Å². The molecule has 0 spiro atoms. The van der Waals surface area contributed by atoms with Crippen LogP contribution < -0.4 is 4.57 Å².